The molecule has 84 valence electrons. The van der Waals surface area contributed by atoms with Crippen LogP contribution in [0.3, 0.4) is 0 Å². The zero-order chi connectivity index (χ0) is 11.8. The number of rotatable bonds is 1. The van der Waals surface area contributed by atoms with Crippen LogP contribution in [0, 0.1) is 0 Å². The zero-order valence-corrected chi connectivity index (χ0v) is 10.2. The fraction of sp³-hybridized carbons (Fsp3) is 0. The molecule has 3 aromatic rings. The quantitative estimate of drug-likeness (QED) is 0.609. The zero-order valence-electron chi connectivity index (χ0n) is 9.36. The number of hydrogen-bond donors (Lipinski definition) is 0. The van der Waals surface area contributed by atoms with E-state index in [4.69, 9.17) is 0 Å². The highest BCUT2D eigenvalue weighted by atomic mass is 32.1. The summed E-state index contributed by atoms with van der Waals surface area (Å²) >= 11 is 1.46. The highest BCUT2D eigenvalue weighted by molar-refractivity contribution is 7.03. The Morgan fingerprint density at radius 2 is 1.18 bits per heavy atom. The van der Waals surface area contributed by atoms with E-state index in [9.17, 15) is 0 Å². The maximum atomic E-state index is 3.76. The average molecular weight is 239 g/mol. The lowest BCUT2D eigenvalue weighted by Gasteiger charge is -1.98. The minimum atomic E-state index is 1.28. The van der Waals surface area contributed by atoms with E-state index >= 15 is 0 Å². The molecule has 0 spiro atoms. The minimum absolute atomic E-state index is 1.28. The van der Waals surface area contributed by atoms with E-state index in [0.29, 0.717) is 0 Å². The summed E-state index contributed by atoms with van der Waals surface area (Å²) < 4.78 is 3.76. The van der Waals surface area contributed by atoms with Gasteiger partial charge in [0.1, 0.15) is 0 Å². The lowest BCUT2D eigenvalue weighted by Crippen LogP contribution is -1.73. The molecule has 0 atom stereocenters. The molecule has 1 nitrogen and oxygen atoms in total. The first-order chi connectivity index (χ1) is 8.47. The Bertz CT molecular complexity index is 448. The van der Waals surface area contributed by atoms with Gasteiger partial charge in [-0.3, -0.25) is 0 Å². The summed E-state index contributed by atoms with van der Waals surface area (Å²) in [6.45, 7) is 0. The van der Waals surface area contributed by atoms with E-state index in [1.807, 2.05) is 23.6 Å². The lowest BCUT2D eigenvalue weighted by atomic mass is 10.1. The van der Waals surface area contributed by atoms with Crippen molar-refractivity contribution in [2.24, 2.45) is 0 Å². The molecular weight excluding hydrogens is 226 g/mol. The van der Waals surface area contributed by atoms with Crippen molar-refractivity contribution in [2.75, 3.05) is 0 Å². The molecule has 0 aliphatic carbocycles. The van der Waals surface area contributed by atoms with Crippen molar-refractivity contribution >= 4 is 11.5 Å². The van der Waals surface area contributed by atoms with Crippen LogP contribution in [0.25, 0.3) is 11.1 Å². The van der Waals surface area contributed by atoms with Crippen LogP contribution < -0.4 is 0 Å². The number of nitrogens with zero attached hydrogens (tertiary/aromatic N) is 1. The Hall–Kier alpha value is -1.93. The van der Waals surface area contributed by atoms with E-state index in [-0.39, 0.29) is 0 Å². The van der Waals surface area contributed by atoms with Crippen LogP contribution in [0.4, 0.5) is 0 Å². The normalized spacial score (nSPS) is 9.18. The largest absolute Gasteiger partial charge is 0.201 e. The Morgan fingerprint density at radius 1 is 0.647 bits per heavy atom. The van der Waals surface area contributed by atoms with Gasteiger partial charge >= 0.3 is 0 Å². The summed E-state index contributed by atoms with van der Waals surface area (Å²) in [5.74, 6) is 0. The molecule has 2 aromatic carbocycles. The predicted octanol–water partition coefficient (Wildman–Crippen LogP) is 4.50. The molecule has 1 heterocycles. The van der Waals surface area contributed by atoms with Crippen molar-refractivity contribution in [3.63, 3.8) is 0 Å². The van der Waals surface area contributed by atoms with Crippen LogP contribution in [-0.2, 0) is 0 Å². The van der Waals surface area contributed by atoms with Gasteiger partial charge in [0.25, 0.3) is 0 Å². The number of aromatic nitrogens is 1. The Labute approximate surface area is 106 Å². The van der Waals surface area contributed by atoms with Gasteiger partial charge in [0.15, 0.2) is 0 Å². The second-order valence-corrected chi connectivity index (χ2v) is 4.11. The SMILES string of the molecule is c1ccc(-c2ccccc2)cc1.c1cnsc1. The molecule has 0 saturated heterocycles. The third kappa shape index (κ3) is 3.85. The summed E-state index contributed by atoms with van der Waals surface area (Å²) in [4.78, 5) is 0. The van der Waals surface area contributed by atoms with Gasteiger partial charge < -0.3 is 0 Å². The topological polar surface area (TPSA) is 12.9 Å². The molecule has 17 heavy (non-hydrogen) atoms. The Morgan fingerprint density at radius 3 is 1.47 bits per heavy atom. The molecule has 3 rings (SSSR count). The first kappa shape index (κ1) is 11.6. The summed E-state index contributed by atoms with van der Waals surface area (Å²) in [6, 6.07) is 22.7. The fourth-order valence-electron chi connectivity index (χ4n) is 1.44. The third-order valence-electron chi connectivity index (χ3n) is 2.23. The van der Waals surface area contributed by atoms with Crippen molar-refractivity contribution in [3.05, 3.63) is 78.3 Å². The molecule has 0 bridgehead atoms. The van der Waals surface area contributed by atoms with Crippen LogP contribution in [0.5, 0.6) is 0 Å². The van der Waals surface area contributed by atoms with Crippen molar-refractivity contribution in [1.82, 2.24) is 4.37 Å². The number of hydrogen-bond acceptors (Lipinski definition) is 2. The standard InChI is InChI=1S/C12H10.C3H3NS/c1-3-7-11(8-4-1)12-9-5-2-6-10-12;1-2-4-5-3-1/h1-10H;1-3H. The molecule has 2 heteroatoms. The van der Waals surface area contributed by atoms with Gasteiger partial charge in [-0.15, -0.1) is 0 Å². The lowest BCUT2D eigenvalue weighted by molar-refractivity contribution is 1.58. The van der Waals surface area contributed by atoms with Crippen molar-refractivity contribution in [2.45, 2.75) is 0 Å². The molecule has 0 amide bonds. The summed E-state index contributed by atoms with van der Waals surface area (Å²) in [6.07, 6.45) is 1.77. The average Bonchev–Trinajstić information content (AvgIpc) is 3.00. The van der Waals surface area contributed by atoms with Crippen LogP contribution in [0.2, 0.25) is 0 Å². The maximum absolute atomic E-state index is 3.76. The first-order valence-electron chi connectivity index (χ1n) is 5.41. The molecule has 0 saturated carbocycles. The highest BCUT2D eigenvalue weighted by Crippen LogP contribution is 2.17. The minimum Gasteiger partial charge on any atom is -0.201 e. The van der Waals surface area contributed by atoms with Gasteiger partial charge in [-0.2, -0.15) is 0 Å². The van der Waals surface area contributed by atoms with Gasteiger partial charge in [-0.1, -0.05) is 60.7 Å². The van der Waals surface area contributed by atoms with Crippen molar-refractivity contribution in [3.8, 4) is 11.1 Å². The maximum Gasteiger partial charge on any atom is 0.0406 e. The van der Waals surface area contributed by atoms with Gasteiger partial charge in [-0.05, 0) is 28.7 Å². The monoisotopic (exact) mass is 239 g/mol. The van der Waals surface area contributed by atoms with E-state index in [1.54, 1.807) is 6.20 Å². The number of benzene rings is 2. The molecule has 0 unspecified atom stereocenters. The van der Waals surface area contributed by atoms with Crippen LogP contribution in [0.1, 0.15) is 0 Å². The molecule has 0 N–H and O–H groups in total. The second kappa shape index (κ2) is 6.61. The smallest absolute Gasteiger partial charge is 0.0406 e. The summed E-state index contributed by atoms with van der Waals surface area (Å²) in [5, 5.41) is 1.93. The molecule has 0 aliphatic heterocycles. The van der Waals surface area contributed by atoms with Gasteiger partial charge in [-0.25, -0.2) is 4.37 Å². The fourth-order valence-corrected chi connectivity index (χ4v) is 1.79. The van der Waals surface area contributed by atoms with Crippen LogP contribution in [-0.4, -0.2) is 4.37 Å². The molecule has 0 fully saturated rings. The van der Waals surface area contributed by atoms with Crippen molar-refractivity contribution in [1.29, 1.82) is 0 Å². The van der Waals surface area contributed by atoms with E-state index in [1.165, 1.54) is 22.7 Å². The molecule has 1 aromatic heterocycles. The van der Waals surface area contributed by atoms with Crippen LogP contribution in [0.15, 0.2) is 78.3 Å². The Balaban J connectivity index is 0.000000181. The van der Waals surface area contributed by atoms with Gasteiger partial charge in [0.2, 0.25) is 0 Å². The summed E-state index contributed by atoms with van der Waals surface area (Å²) in [5.41, 5.74) is 2.55. The predicted molar refractivity (Wildman–Crippen MR) is 74.0 cm³/mol. The Kier molecular flexibility index (Phi) is 4.49. The first-order valence-corrected chi connectivity index (χ1v) is 6.25. The molecule has 0 aliphatic rings. The van der Waals surface area contributed by atoms with E-state index < -0.39 is 0 Å². The second-order valence-electron chi connectivity index (χ2n) is 3.42. The van der Waals surface area contributed by atoms with Gasteiger partial charge in [0.05, 0.1) is 0 Å². The summed E-state index contributed by atoms with van der Waals surface area (Å²) in [7, 11) is 0. The van der Waals surface area contributed by atoms with Gasteiger partial charge in [0, 0.05) is 11.6 Å². The van der Waals surface area contributed by atoms with E-state index in [0.717, 1.165) is 0 Å². The molecule has 0 radical (unpaired) electrons. The van der Waals surface area contributed by atoms with Crippen LogP contribution >= 0.6 is 11.5 Å². The highest BCUT2D eigenvalue weighted by Gasteiger charge is 1.91. The third-order valence-corrected chi connectivity index (χ3v) is 2.75. The van der Waals surface area contributed by atoms with Crippen molar-refractivity contribution < 1.29 is 0 Å². The molecular formula is C15H13NS. The van der Waals surface area contributed by atoms with E-state index in [2.05, 4.69) is 52.9 Å².